The molecule has 5 atom stereocenters. The van der Waals surface area contributed by atoms with Gasteiger partial charge in [0, 0.05) is 12.3 Å². The van der Waals surface area contributed by atoms with Gasteiger partial charge in [-0.15, -0.1) is 0 Å². The van der Waals surface area contributed by atoms with Crippen molar-refractivity contribution in [3.8, 4) is 0 Å². The number of aliphatic hydroxyl groups is 2. The summed E-state index contributed by atoms with van der Waals surface area (Å²) in [5.41, 5.74) is 0.965. The molecule has 35 heavy (non-hydrogen) atoms. The van der Waals surface area contributed by atoms with Crippen LogP contribution < -0.4 is 0 Å². The standard InChI is InChI=1S/C29H44F2O4/c1-21(2)19-22(3)29(30,31)27(33)18-16-24-15-17-26(32)25(24)13-9-4-5-10-14-28(34)35-20-23-11-7-6-8-12-23/h4,6-9,11-12,21-22,24-27,32-33H,5,10,13-20H2,1-3H3/t22-,24-,25-,26+,27?/m1/s1. The van der Waals surface area contributed by atoms with Crippen LogP contribution in [0.1, 0.15) is 84.1 Å². The van der Waals surface area contributed by atoms with E-state index in [0.29, 0.717) is 38.5 Å². The van der Waals surface area contributed by atoms with Gasteiger partial charge in [-0.25, -0.2) is 8.78 Å². The third kappa shape index (κ3) is 10.0. The highest BCUT2D eigenvalue weighted by atomic mass is 19.3. The number of hydrogen-bond acceptors (Lipinski definition) is 4. The molecule has 6 heteroatoms. The van der Waals surface area contributed by atoms with Gasteiger partial charge in [0.15, 0.2) is 0 Å². The lowest BCUT2D eigenvalue weighted by atomic mass is 9.84. The van der Waals surface area contributed by atoms with E-state index in [1.54, 1.807) is 0 Å². The quantitative estimate of drug-likeness (QED) is 0.162. The molecule has 4 nitrogen and oxygen atoms in total. The molecule has 0 amide bonds. The first-order valence-electron chi connectivity index (χ1n) is 13.2. The minimum Gasteiger partial charge on any atom is -0.461 e. The van der Waals surface area contributed by atoms with Crippen LogP contribution in [0.25, 0.3) is 0 Å². The number of benzene rings is 1. The Bertz CT molecular complexity index is 765. The van der Waals surface area contributed by atoms with Crippen molar-refractivity contribution in [2.24, 2.45) is 23.7 Å². The fraction of sp³-hybridized carbons (Fsp3) is 0.690. The molecule has 1 aromatic rings. The normalized spacial score (nSPS) is 22.6. The fourth-order valence-corrected chi connectivity index (χ4v) is 5.14. The molecule has 198 valence electrons. The highest BCUT2D eigenvalue weighted by Gasteiger charge is 2.44. The molecule has 0 aromatic heterocycles. The van der Waals surface area contributed by atoms with Gasteiger partial charge in [0.1, 0.15) is 12.7 Å². The summed E-state index contributed by atoms with van der Waals surface area (Å²) in [4.78, 5) is 11.9. The zero-order chi connectivity index (χ0) is 25.8. The van der Waals surface area contributed by atoms with Gasteiger partial charge in [0.25, 0.3) is 5.92 Å². The van der Waals surface area contributed by atoms with Crippen molar-refractivity contribution < 1.29 is 28.5 Å². The number of carbonyl (C=O) groups is 1. The summed E-state index contributed by atoms with van der Waals surface area (Å²) in [5.74, 6) is -3.86. The van der Waals surface area contributed by atoms with Gasteiger partial charge in [0.2, 0.25) is 0 Å². The van der Waals surface area contributed by atoms with Crippen LogP contribution in [0.15, 0.2) is 42.5 Å². The van der Waals surface area contributed by atoms with Gasteiger partial charge < -0.3 is 14.9 Å². The Morgan fingerprint density at radius 1 is 1.17 bits per heavy atom. The van der Waals surface area contributed by atoms with E-state index in [1.807, 2.05) is 56.3 Å². The number of allylic oxidation sites excluding steroid dienone is 2. The number of esters is 1. The van der Waals surface area contributed by atoms with E-state index in [1.165, 1.54) is 6.92 Å². The molecule has 1 aromatic carbocycles. The highest BCUT2D eigenvalue weighted by molar-refractivity contribution is 5.69. The molecule has 2 rings (SSSR count). The highest BCUT2D eigenvalue weighted by Crippen LogP contribution is 2.40. The molecule has 0 heterocycles. The maximum absolute atomic E-state index is 14.6. The lowest BCUT2D eigenvalue weighted by molar-refractivity contribution is -0.150. The molecule has 1 aliphatic carbocycles. The van der Waals surface area contributed by atoms with Crippen molar-refractivity contribution in [1.82, 2.24) is 0 Å². The lowest BCUT2D eigenvalue weighted by Gasteiger charge is -2.30. The first kappa shape index (κ1) is 29.4. The third-order valence-electron chi connectivity index (χ3n) is 7.24. The first-order chi connectivity index (χ1) is 16.6. The van der Waals surface area contributed by atoms with Crippen LogP contribution in [0.3, 0.4) is 0 Å². The predicted octanol–water partition coefficient (Wildman–Crippen LogP) is 6.69. The number of halogens is 2. The molecule has 1 saturated carbocycles. The number of unbranched alkanes of at least 4 members (excludes halogenated alkanes) is 1. The van der Waals surface area contributed by atoms with Crippen LogP contribution >= 0.6 is 0 Å². The zero-order valence-electron chi connectivity index (χ0n) is 21.5. The van der Waals surface area contributed by atoms with Crippen LogP contribution in [0.5, 0.6) is 0 Å². The third-order valence-corrected chi connectivity index (χ3v) is 7.24. The predicted molar refractivity (Wildman–Crippen MR) is 135 cm³/mol. The molecule has 1 aliphatic rings. The second kappa shape index (κ2) is 14.7. The summed E-state index contributed by atoms with van der Waals surface area (Å²) >= 11 is 0. The smallest absolute Gasteiger partial charge is 0.306 e. The van der Waals surface area contributed by atoms with E-state index in [4.69, 9.17) is 4.74 Å². The van der Waals surface area contributed by atoms with Crippen LogP contribution in [0, 0.1) is 23.7 Å². The number of aliphatic hydroxyl groups excluding tert-OH is 2. The molecule has 0 aliphatic heterocycles. The molecule has 2 N–H and O–H groups in total. The molecule has 0 bridgehead atoms. The Hall–Kier alpha value is -1.79. The number of carbonyl (C=O) groups excluding carboxylic acids is 1. The summed E-state index contributed by atoms with van der Waals surface area (Å²) in [7, 11) is 0. The zero-order valence-corrected chi connectivity index (χ0v) is 21.5. The van der Waals surface area contributed by atoms with E-state index in [-0.39, 0.29) is 36.8 Å². The molecular weight excluding hydrogens is 450 g/mol. The second-order valence-corrected chi connectivity index (χ2v) is 10.6. The van der Waals surface area contributed by atoms with E-state index >= 15 is 0 Å². The second-order valence-electron chi connectivity index (χ2n) is 10.6. The van der Waals surface area contributed by atoms with Crippen molar-refractivity contribution in [2.45, 2.75) is 103 Å². The molecule has 0 radical (unpaired) electrons. The maximum Gasteiger partial charge on any atom is 0.306 e. The van der Waals surface area contributed by atoms with Gasteiger partial charge in [-0.2, -0.15) is 0 Å². The Balaban J connectivity index is 1.69. The fourth-order valence-electron chi connectivity index (χ4n) is 5.14. The van der Waals surface area contributed by atoms with Gasteiger partial charge in [0.05, 0.1) is 6.10 Å². The molecule has 1 unspecified atom stereocenters. The topological polar surface area (TPSA) is 66.8 Å². The Morgan fingerprint density at radius 3 is 2.57 bits per heavy atom. The van der Waals surface area contributed by atoms with Gasteiger partial charge >= 0.3 is 5.97 Å². The van der Waals surface area contributed by atoms with E-state index < -0.39 is 24.0 Å². The van der Waals surface area contributed by atoms with Gasteiger partial charge in [-0.05, 0) is 74.7 Å². The number of ether oxygens (including phenoxy) is 1. The Morgan fingerprint density at radius 2 is 1.89 bits per heavy atom. The summed E-state index contributed by atoms with van der Waals surface area (Å²) in [6.07, 6.45) is 6.83. The summed E-state index contributed by atoms with van der Waals surface area (Å²) in [6, 6.07) is 9.57. The summed E-state index contributed by atoms with van der Waals surface area (Å²) < 4.78 is 34.5. The van der Waals surface area contributed by atoms with Crippen molar-refractivity contribution >= 4 is 5.97 Å². The minimum atomic E-state index is -3.10. The van der Waals surface area contributed by atoms with Crippen LogP contribution in [0.2, 0.25) is 0 Å². The van der Waals surface area contributed by atoms with Crippen LogP contribution in [-0.4, -0.2) is 34.3 Å². The van der Waals surface area contributed by atoms with Crippen LogP contribution in [-0.2, 0) is 16.1 Å². The average Bonchev–Trinajstić information content (AvgIpc) is 3.17. The summed E-state index contributed by atoms with van der Waals surface area (Å²) in [6.45, 7) is 5.62. The number of hydrogen-bond donors (Lipinski definition) is 2. The molecule has 0 saturated heterocycles. The largest absolute Gasteiger partial charge is 0.461 e. The number of alkyl halides is 2. The van der Waals surface area contributed by atoms with E-state index in [9.17, 15) is 23.8 Å². The van der Waals surface area contributed by atoms with Crippen molar-refractivity contribution in [3.63, 3.8) is 0 Å². The van der Waals surface area contributed by atoms with Crippen molar-refractivity contribution in [1.29, 1.82) is 0 Å². The van der Waals surface area contributed by atoms with Crippen LogP contribution in [0.4, 0.5) is 8.78 Å². The van der Waals surface area contributed by atoms with Gasteiger partial charge in [-0.3, -0.25) is 4.79 Å². The maximum atomic E-state index is 14.6. The van der Waals surface area contributed by atoms with Crippen molar-refractivity contribution in [2.75, 3.05) is 0 Å². The summed E-state index contributed by atoms with van der Waals surface area (Å²) in [5, 5.41) is 20.6. The molecule has 0 spiro atoms. The Kier molecular flexibility index (Phi) is 12.4. The lowest BCUT2D eigenvalue weighted by Crippen LogP contribution is -2.40. The monoisotopic (exact) mass is 494 g/mol. The van der Waals surface area contributed by atoms with E-state index in [2.05, 4.69) is 0 Å². The Labute approximate surface area is 209 Å². The first-order valence-corrected chi connectivity index (χ1v) is 13.2. The average molecular weight is 495 g/mol. The number of rotatable bonds is 15. The van der Waals surface area contributed by atoms with E-state index in [0.717, 1.165) is 18.4 Å². The molecule has 1 fully saturated rings. The van der Waals surface area contributed by atoms with Gasteiger partial charge in [-0.1, -0.05) is 63.3 Å². The van der Waals surface area contributed by atoms with Crippen molar-refractivity contribution in [3.05, 3.63) is 48.0 Å². The molecular formula is C29H44F2O4. The minimum absolute atomic E-state index is 0.0241. The SMILES string of the molecule is CC(C)C[C@@H](C)C(F)(F)C(O)CC[C@H]1CC[C@H](O)[C@@H]1CC=CCCCC(=O)OCc1ccccc1.